The summed E-state index contributed by atoms with van der Waals surface area (Å²) in [6.07, 6.45) is 1.58. The van der Waals surface area contributed by atoms with Crippen LogP contribution in [-0.2, 0) is 11.3 Å². The van der Waals surface area contributed by atoms with E-state index in [9.17, 15) is 9.59 Å². The maximum atomic E-state index is 12.9. The van der Waals surface area contributed by atoms with Crippen LogP contribution in [0.25, 0.3) is 0 Å². The van der Waals surface area contributed by atoms with E-state index in [0.29, 0.717) is 24.4 Å². The number of nitrogens with one attached hydrogen (secondary N) is 2. The zero-order valence-electron chi connectivity index (χ0n) is 13.2. The van der Waals surface area contributed by atoms with Gasteiger partial charge in [0.05, 0.1) is 36.7 Å². The molecule has 1 aromatic heterocycles. The van der Waals surface area contributed by atoms with Crippen LogP contribution in [0.5, 0.6) is 0 Å². The van der Waals surface area contributed by atoms with Gasteiger partial charge in [-0.1, -0.05) is 29.8 Å². The van der Waals surface area contributed by atoms with Crippen molar-refractivity contribution in [1.82, 2.24) is 15.5 Å². The maximum Gasteiger partial charge on any atom is 0.319 e. The minimum atomic E-state index is -0.427. The molecule has 3 heterocycles. The van der Waals surface area contributed by atoms with Crippen LogP contribution < -0.4 is 10.6 Å². The number of hydrogen-bond donors (Lipinski definition) is 2. The van der Waals surface area contributed by atoms with Crippen molar-refractivity contribution in [3.8, 4) is 0 Å². The number of rotatable bonds is 3. The zero-order chi connectivity index (χ0) is 16.7. The van der Waals surface area contributed by atoms with Crippen molar-refractivity contribution in [3.63, 3.8) is 0 Å². The molecule has 0 spiro atoms. The van der Waals surface area contributed by atoms with E-state index in [2.05, 4.69) is 10.6 Å². The summed E-state index contributed by atoms with van der Waals surface area (Å²) in [5, 5.41) is 5.62. The van der Waals surface area contributed by atoms with Crippen LogP contribution in [0.4, 0.5) is 4.79 Å². The number of carbonyl (C=O) groups is 2. The molecule has 2 aliphatic heterocycles. The molecule has 2 aliphatic rings. The number of urea groups is 1. The first-order valence-corrected chi connectivity index (χ1v) is 7.80. The van der Waals surface area contributed by atoms with Gasteiger partial charge in [0.25, 0.3) is 5.91 Å². The van der Waals surface area contributed by atoms with Gasteiger partial charge in [-0.25, -0.2) is 4.79 Å². The highest BCUT2D eigenvalue weighted by atomic mass is 16.3. The highest BCUT2D eigenvalue weighted by Gasteiger charge is 2.40. The first-order valence-electron chi connectivity index (χ1n) is 7.80. The lowest BCUT2D eigenvalue weighted by Gasteiger charge is -2.25. The van der Waals surface area contributed by atoms with Gasteiger partial charge in [-0.2, -0.15) is 0 Å². The number of carbonyl (C=O) groups excluding carboxylic acids is 2. The van der Waals surface area contributed by atoms with Crippen LogP contribution in [0.1, 0.15) is 22.9 Å². The third-order valence-corrected chi connectivity index (χ3v) is 4.36. The molecule has 3 amide bonds. The van der Waals surface area contributed by atoms with E-state index >= 15 is 0 Å². The molecule has 2 aromatic rings. The first kappa shape index (κ1) is 14.6. The first-order chi connectivity index (χ1) is 11.6. The van der Waals surface area contributed by atoms with Gasteiger partial charge in [-0.05, 0) is 24.6 Å². The summed E-state index contributed by atoms with van der Waals surface area (Å²) in [5.74, 6) is 0.633. The molecule has 0 radical (unpaired) electrons. The van der Waals surface area contributed by atoms with Crippen LogP contribution in [0, 0.1) is 6.92 Å². The Hall–Kier alpha value is -3.02. The smallest absolute Gasteiger partial charge is 0.319 e. The van der Waals surface area contributed by atoms with Crippen LogP contribution in [0.3, 0.4) is 0 Å². The summed E-state index contributed by atoms with van der Waals surface area (Å²) in [4.78, 5) is 26.5. The van der Waals surface area contributed by atoms with E-state index in [0.717, 1.165) is 16.9 Å². The lowest BCUT2D eigenvalue weighted by molar-refractivity contribution is -0.126. The molecule has 2 N–H and O–H groups in total. The summed E-state index contributed by atoms with van der Waals surface area (Å²) in [5.41, 5.74) is 3.30. The zero-order valence-corrected chi connectivity index (χ0v) is 13.2. The molecule has 0 aliphatic carbocycles. The van der Waals surface area contributed by atoms with Gasteiger partial charge < -0.3 is 20.0 Å². The minimum Gasteiger partial charge on any atom is -0.467 e. The Labute approximate surface area is 139 Å². The average Bonchev–Trinajstić information content (AvgIpc) is 3.17. The normalized spacial score (nSPS) is 20.0. The fourth-order valence-electron chi connectivity index (χ4n) is 3.16. The molecule has 1 atom stereocenters. The molecule has 6 nitrogen and oxygen atoms in total. The van der Waals surface area contributed by atoms with Crippen molar-refractivity contribution in [2.24, 2.45) is 0 Å². The summed E-state index contributed by atoms with van der Waals surface area (Å²) in [6.45, 7) is 2.77. The van der Waals surface area contributed by atoms with Crippen LogP contribution in [-0.4, -0.2) is 23.4 Å². The summed E-state index contributed by atoms with van der Waals surface area (Å²) in [7, 11) is 0. The fraction of sp³-hybridized carbons (Fsp3) is 0.222. The Balaban J connectivity index is 1.64. The van der Waals surface area contributed by atoms with E-state index in [1.807, 2.05) is 37.3 Å². The summed E-state index contributed by atoms with van der Waals surface area (Å²) >= 11 is 0. The lowest BCUT2D eigenvalue weighted by Crippen LogP contribution is -2.44. The topological polar surface area (TPSA) is 74.6 Å². The maximum absolute atomic E-state index is 12.9. The van der Waals surface area contributed by atoms with Gasteiger partial charge in [0.2, 0.25) is 0 Å². The number of furan rings is 1. The summed E-state index contributed by atoms with van der Waals surface area (Å²) in [6, 6.07) is 10.8. The van der Waals surface area contributed by atoms with Crippen molar-refractivity contribution in [2.45, 2.75) is 19.5 Å². The van der Waals surface area contributed by atoms with Crippen molar-refractivity contribution in [2.75, 3.05) is 6.54 Å². The largest absolute Gasteiger partial charge is 0.467 e. The van der Waals surface area contributed by atoms with E-state index in [1.54, 1.807) is 17.2 Å². The molecule has 0 bridgehead atoms. The third-order valence-electron chi connectivity index (χ3n) is 4.36. The molecular weight excluding hydrogens is 306 g/mol. The number of nitrogens with zero attached hydrogens (tertiary/aromatic N) is 1. The summed E-state index contributed by atoms with van der Waals surface area (Å²) < 4.78 is 5.33. The van der Waals surface area contributed by atoms with Gasteiger partial charge >= 0.3 is 6.03 Å². The molecule has 0 saturated heterocycles. The highest BCUT2D eigenvalue weighted by Crippen LogP contribution is 2.33. The molecule has 122 valence electrons. The molecule has 0 fully saturated rings. The van der Waals surface area contributed by atoms with Crippen molar-refractivity contribution < 1.29 is 14.0 Å². The van der Waals surface area contributed by atoms with Gasteiger partial charge in [-0.3, -0.25) is 4.79 Å². The second kappa shape index (κ2) is 5.56. The molecule has 24 heavy (non-hydrogen) atoms. The minimum absolute atomic E-state index is 0.0838. The quantitative estimate of drug-likeness (QED) is 0.909. The molecule has 0 saturated carbocycles. The van der Waals surface area contributed by atoms with E-state index in [1.165, 1.54) is 0 Å². The molecule has 1 aromatic carbocycles. The Kier molecular flexibility index (Phi) is 3.37. The predicted octanol–water partition coefficient (Wildman–Crippen LogP) is 2.24. The van der Waals surface area contributed by atoms with Gasteiger partial charge in [0.15, 0.2) is 0 Å². The molecular formula is C18H17N3O3. The number of aryl methyl sites for hydroxylation is 1. The van der Waals surface area contributed by atoms with Crippen LogP contribution >= 0.6 is 0 Å². The Morgan fingerprint density at radius 1 is 1.21 bits per heavy atom. The van der Waals surface area contributed by atoms with E-state index < -0.39 is 6.04 Å². The SMILES string of the molecule is Cc1ccc(C2NC(=O)NC3=C2C(=O)N(Cc2ccco2)C3)cc1. The number of benzene rings is 1. The van der Waals surface area contributed by atoms with Crippen molar-refractivity contribution in [3.05, 3.63) is 70.8 Å². The van der Waals surface area contributed by atoms with Crippen molar-refractivity contribution in [1.29, 1.82) is 0 Å². The fourth-order valence-corrected chi connectivity index (χ4v) is 3.16. The van der Waals surface area contributed by atoms with Crippen LogP contribution in [0.15, 0.2) is 58.3 Å². The Morgan fingerprint density at radius 3 is 2.71 bits per heavy atom. The van der Waals surface area contributed by atoms with Crippen LogP contribution in [0.2, 0.25) is 0 Å². The lowest BCUT2D eigenvalue weighted by atomic mass is 9.95. The standard InChI is InChI=1S/C18H17N3O3/c1-11-4-6-12(7-5-11)16-15-14(19-18(23)20-16)10-21(17(15)22)9-13-3-2-8-24-13/h2-8,16H,9-10H2,1H3,(H2,19,20,23). The van der Waals surface area contributed by atoms with Crippen molar-refractivity contribution >= 4 is 11.9 Å². The number of amides is 3. The third kappa shape index (κ3) is 2.46. The van der Waals surface area contributed by atoms with Gasteiger partial charge in [0.1, 0.15) is 5.76 Å². The Morgan fingerprint density at radius 2 is 2.00 bits per heavy atom. The van der Waals surface area contributed by atoms with E-state index in [-0.39, 0.29) is 11.9 Å². The van der Waals surface area contributed by atoms with Gasteiger partial charge in [-0.15, -0.1) is 0 Å². The molecule has 1 unspecified atom stereocenters. The number of hydrogen-bond acceptors (Lipinski definition) is 3. The van der Waals surface area contributed by atoms with E-state index in [4.69, 9.17) is 4.42 Å². The predicted molar refractivity (Wildman–Crippen MR) is 86.7 cm³/mol. The molecule has 4 rings (SSSR count). The Bertz CT molecular complexity index is 822. The second-order valence-corrected chi connectivity index (χ2v) is 6.07. The second-order valence-electron chi connectivity index (χ2n) is 6.07. The molecule has 6 heteroatoms. The monoisotopic (exact) mass is 323 g/mol. The van der Waals surface area contributed by atoms with Gasteiger partial charge in [0, 0.05) is 0 Å². The average molecular weight is 323 g/mol. The highest BCUT2D eigenvalue weighted by molar-refractivity contribution is 6.01.